The Morgan fingerprint density at radius 1 is 1.33 bits per heavy atom. The maximum absolute atomic E-state index is 11.8. The van der Waals surface area contributed by atoms with Crippen molar-refractivity contribution in [2.45, 2.75) is 0 Å². The van der Waals surface area contributed by atoms with Crippen molar-refractivity contribution >= 4 is 23.8 Å². The van der Waals surface area contributed by atoms with Gasteiger partial charge in [0, 0.05) is 11.6 Å². The number of anilines is 2. The lowest BCUT2D eigenvalue weighted by atomic mass is 10.1. The zero-order valence-electron chi connectivity index (χ0n) is 9.51. The van der Waals surface area contributed by atoms with Gasteiger partial charge in [0.25, 0.3) is 0 Å². The molecule has 6 heteroatoms. The lowest BCUT2D eigenvalue weighted by Gasteiger charge is -2.01. The second-order valence-corrected chi connectivity index (χ2v) is 3.57. The number of nitrogens with one attached hydrogen (secondary N) is 3. The summed E-state index contributed by atoms with van der Waals surface area (Å²) in [6.45, 7) is 0.148. The molecule has 0 unspecified atom stereocenters. The van der Waals surface area contributed by atoms with Gasteiger partial charge in [-0.2, -0.15) is 5.10 Å². The molecule has 6 nitrogen and oxygen atoms in total. The molecule has 92 valence electrons. The molecule has 0 spiro atoms. The first kappa shape index (κ1) is 11.8. The van der Waals surface area contributed by atoms with E-state index in [1.807, 2.05) is 18.2 Å². The minimum Gasteiger partial charge on any atom is -0.361 e. The van der Waals surface area contributed by atoms with Gasteiger partial charge in [0.15, 0.2) is 5.78 Å². The van der Waals surface area contributed by atoms with Gasteiger partial charge < -0.3 is 10.6 Å². The van der Waals surface area contributed by atoms with Gasteiger partial charge in [0.05, 0.1) is 6.54 Å². The zero-order chi connectivity index (χ0) is 12.8. The van der Waals surface area contributed by atoms with Gasteiger partial charge in [0.2, 0.25) is 6.41 Å². The number of aromatic amines is 1. The molecule has 2 aromatic rings. The monoisotopic (exact) mass is 244 g/mol. The Balaban J connectivity index is 1.91. The fourth-order valence-electron chi connectivity index (χ4n) is 1.45. The van der Waals surface area contributed by atoms with Crippen molar-refractivity contribution in [3.63, 3.8) is 0 Å². The summed E-state index contributed by atoms with van der Waals surface area (Å²) in [5.74, 6) is 0.951. The minimum absolute atomic E-state index is 0.0245. The van der Waals surface area contributed by atoms with E-state index in [0.29, 0.717) is 23.6 Å². The van der Waals surface area contributed by atoms with Crippen LogP contribution in [0.3, 0.4) is 0 Å². The van der Waals surface area contributed by atoms with Crippen LogP contribution < -0.4 is 10.6 Å². The maximum atomic E-state index is 11.8. The number of H-pyrrole nitrogens is 1. The molecule has 1 heterocycles. The third kappa shape index (κ3) is 2.94. The number of carbonyl (C=O) groups excluding carboxylic acids is 2. The first-order valence-corrected chi connectivity index (χ1v) is 5.37. The van der Waals surface area contributed by atoms with Crippen LogP contribution in [0.15, 0.2) is 36.4 Å². The van der Waals surface area contributed by atoms with Gasteiger partial charge in [-0.05, 0) is 0 Å². The lowest BCUT2D eigenvalue weighted by molar-refractivity contribution is -0.105. The largest absolute Gasteiger partial charge is 0.361 e. The van der Waals surface area contributed by atoms with Crippen molar-refractivity contribution in [3.05, 3.63) is 42.0 Å². The van der Waals surface area contributed by atoms with Crippen LogP contribution in [-0.4, -0.2) is 28.9 Å². The van der Waals surface area contributed by atoms with Crippen LogP contribution in [0.25, 0.3) is 0 Å². The van der Waals surface area contributed by atoms with Crippen LogP contribution in [0.2, 0.25) is 0 Å². The molecular weight excluding hydrogens is 232 g/mol. The molecule has 0 aliphatic rings. The number of hydrogen-bond acceptors (Lipinski definition) is 4. The number of amides is 1. The zero-order valence-corrected chi connectivity index (χ0v) is 9.51. The van der Waals surface area contributed by atoms with E-state index >= 15 is 0 Å². The summed E-state index contributed by atoms with van der Waals surface area (Å²) >= 11 is 0. The van der Waals surface area contributed by atoms with Gasteiger partial charge >= 0.3 is 0 Å². The van der Waals surface area contributed by atoms with Crippen molar-refractivity contribution in [2.24, 2.45) is 0 Å². The second-order valence-electron chi connectivity index (χ2n) is 3.57. The van der Waals surface area contributed by atoms with Crippen LogP contribution in [0.1, 0.15) is 10.4 Å². The summed E-state index contributed by atoms with van der Waals surface area (Å²) < 4.78 is 0. The van der Waals surface area contributed by atoms with Gasteiger partial charge in [-0.3, -0.25) is 14.7 Å². The van der Waals surface area contributed by atoms with Crippen LogP contribution >= 0.6 is 0 Å². The van der Waals surface area contributed by atoms with Gasteiger partial charge in [-0.25, -0.2) is 0 Å². The average molecular weight is 244 g/mol. The Morgan fingerprint density at radius 3 is 2.83 bits per heavy atom. The molecule has 2 rings (SSSR count). The van der Waals surface area contributed by atoms with E-state index in [-0.39, 0.29) is 12.3 Å². The molecule has 1 aromatic carbocycles. The molecule has 0 aliphatic heterocycles. The number of carbonyl (C=O) groups is 2. The molecule has 1 aromatic heterocycles. The molecule has 0 atom stereocenters. The van der Waals surface area contributed by atoms with E-state index in [1.54, 1.807) is 18.2 Å². The van der Waals surface area contributed by atoms with Gasteiger partial charge in [-0.1, -0.05) is 30.3 Å². The number of nitrogens with zero attached hydrogens (tertiary/aromatic N) is 1. The van der Waals surface area contributed by atoms with Crippen molar-refractivity contribution in [2.75, 3.05) is 17.2 Å². The lowest BCUT2D eigenvalue weighted by Crippen LogP contribution is -2.13. The molecule has 0 aliphatic carbocycles. The average Bonchev–Trinajstić information content (AvgIpc) is 2.85. The topological polar surface area (TPSA) is 86.9 Å². The number of ketones is 1. The van der Waals surface area contributed by atoms with Crippen LogP contribution in [0, 0.1) is 0 Å². The highest BCUT2D eigenvalue weighted by atomic mass is 16.1. The highest BCUT2D eigenvalue weighted by Crippen LogP contribution is 2.09. The van der Waals surface area contributed by atoms with Crippen LogP contribution in [-0.2, 0) is 4.79 Å². The number of hydrogen-bond donors (Lipinski definition) is 3. The molecule has 0 radical (unpaired) electrons. The quantitative estimate of drug-likeness (QED) is 0.527. The molecule has 0 fully saturated rings. The first-order chi connectivity index (χ1) is 8.79. The Kier molecular flexibility index (Phi) is 3.70. The van der Waals surface area contributed by atoms with E-state index in [1.165, 1.54) is 0 Å². The van der Waals surface area contributed by atoms with E-state index in [9.17, 15) is 9.59 Å². The molecule has 0 bridgehead atoms. The van der Waals surface area contributed by atoms with Crippen molar-refractivity contribution in [1.82, 2.24) is 10.2 Å². The first-order valence-electron chi connectivity index (χ1n) is 5.37. The fraction of sp³-hybridized carbons (Fsp3) is 0.0833. The Hall–Kier alpha value is -2.63. The number of benzene rings is 1. The third-order valence-corrected chi connectivity index (χ3v) is 2.32. The minimum atomic E-state index is -0.0245. The summed E-state index contributed by atoms with van der Waals surface area (Å²) in [6.07, 6.45) is 0.548. The summed E-state index contributed by atoms with van der Waals surface area (Å²) in [7, 11) is 0. The van der Waals surface area contributed by atoms with E-state index in [0.717, 1.165) is 0 Å². The maximum Gasteiger partial charge on any atom is 0.212 e. The predicted octanol–water partition coefficient (Wildman–Crippen LogP) is 1.27. The molecule has 1 amide bonds. The Bertz CT molecular complexity index is 536. The molecular formula is C12H12N4O2. The summed E-state index contributed by atoms with van der Waals surface area (Å²) in [4.78, 5) is 22.0. The smallest absolute Gasteiger partial charge is 0.212 e. The van der Waals surface area contributed by atoms with Gasteiger partial charge in [-0.15, -0.1) is 0 Å². The van der Waals surface area contributed by atoms with Crippen LogP contribution in [0.5, 0.6) is 0 Å². The summed E-state index contributed by atoms with van der Waals surface area (Å²) in [6, 6.07) is 10.6. The molecule has 0 saturated heterocycles. The normalized spacial score (nSPS) is 9.78. The van der Waals surface area contributed by atoms with Crippen molar-refractivity contribution in [3.8, 4) is 0 Å². The molecule has 18 heavy (non-hydrogen) atoms. The Morgan fingerprint density at radius 2 is 2.11 bits per heavy atom. The Labute approximate surface area is 103 Å². The SMILES string of the molecule is O=CNc1cc(NCC(=O)c2ccccc2)n[nH]1. The standard InChI is InChI=1S/C12H12N4O2/c17-8-14-12-6-11(15-16-12)13-7-10(18)9-4-2-1-3-5-9/h1-6,8H,7H2,(H3,13,14,15,16,17). The number of rotatable bonds is 6. The van der Waals surface area contributed by atoms with E-state index in [4.69, 9.17) is 0 Å². The fourth-order valence-corrected chi connectivity index (χ4v) is 1.45. The van der Waals surface area contributed by atoms with Crippen molar-refractivity contribution < 1.29 is 9.59 Å². The second kappa shape index (κ2) is 5.62. The number of Topliss-reactive ketones (excluding diaryl/α,β-unsaturated/α-hetero) is 1. The third-order valence-electron chi connectivity index (χ3n) is 2.32. The summed E-state index contributed by atoms with van der Waals surface area (Å²) in [5, 5.41) is 11.8. The highest BCUT2D eigenvalue weighted by Gasteiger charge is 2.06. The van der Waals surface area contributed by atoms with Gasteiger partial charge in [0.1, 0.15) is 11.6 Å². The predicted molar refractivity (Wildman–Crippen MR) is 67.5 cm³/mol. The van der Waals surface area contributed by atoms with E-state index < -0.39 is 0 Å². The van der Waals surface area contributed by atoms with E-state index in [2.05, 4.69) is 20.8 Å². The molecule has 3 N–H and O–H groups in total. The number of aromatic nitrogens is 2. The highest BCUT2D eigenvalue weighted by molar-refractivity contribution is 5.98. The summed E-state index contributed by atoms with van der Waals surface area (Å²) in [5.41, 5.74) is 0.645. The van der Waals surface area contributed by atoms with Crippen LogP contribution in [0.4, 0.5) is 11.6 Å². The van der Waals surface area contributed by atoms with Crippen molar-refractivity contribution in [1.29, 1.82) is 0 Å². The molecule has 0 saturated carbocycles.